The Morgan fingerprint density at radius 2 is 1.63 bits per heavy atom. The lowest BCUT2D eigenvalue weighted by Gasteiger charge is -2.28. The molecule has 0 aromatic heterocycles. The van der Waals surface area contributed by atoms with E-state index in [9.17, 15) is 13.2 Å². The van der Waals surface area contributed by atoms with E-state index in [2.05, 4.69) is 56.9 Å². The summed E-state index contributed by atoms with van der Waals surface area (Å²) in [6.45, 7) is 11.1. The lowest BCUT2D eigenvalue weighted by atomic mass is 9.96. The van der Waals surface area contributed by atoms with Crippen molar-refractivity contribution in [1.29, 1.82) is 0 Å². The number of benzene rings is 3. The van der Waals surface area contributed by atoms with Crippen LogP contribution in [0.4, 0.5) is 0 Å². The Balaban J connectivity index is 1.35. The predicted octanol–water partition coefficient (Wildman–Crippen LogP) is 6.18. The van der Waals surface area contributed by atoms with Crippen LogP contribution in [-0.4, -0.2) is 42.5 Å². The van der Waals surface area contributed by atoms with Gasteiger partial charge in [0.05, 0.1) is 4.90 Å². The molecule has 6 heteroatoms. The number of hydrogen-bond donors (Lipinski definition) is 0. The fourth-order valence-corrected chi connectivity index (χ4v) is 6.41. The highest BCUT2D eigenvalue weighted by atomic mass is 32.2. The van der Waals surface area contributed by atoms with E-state index in [1.165, 1.54) is 11.1 Å². The number of sulfonamides is 1. The summed E-state index contributed by atoms with van der Waals surface area (Å²) < 4.78 is 27.9. The Bertz CT molecular complexity index is 1350. The molecule has 0 saturated carbocycles. The summed E-state index contributed by atoms with van der Waals surface area (Å²) in [5, 5.41) is 0. The molecule has 1 heterocycles. The van der Waals surface area contributed by atoms with Gasteiger partial charge in [-0.25, -0.2) is 8.42 Å². The SMILES string of the molecule is CCc1ccc(S(=O)(=O)N2CCc3cc(C(=O)CCCN(Cc4ccc(C)cc4)C(C)C)ccc3C2)cc1. The van der Waals surface area contributed by atoms with Crippen LogP contribution in [0.3, 0.4) is 0 Å². The van der Waals surface area contributed by atoms with Gasteiger partial charge in [0.1, 0.15) is 0 Å². The van der Waals surface area contributed by atoms with E-state index in [-0.39, 0.29) is 5.78 Å². The third-order valence-electron chi connectivity index (χ3n) is 7.56. The molecule has 3 aromatic rings. The maximum atomic E-state index is 13.2. The molecule has 38 heavy (non-hydrogen) atoms. The Kier molecular flexibility index (Phi) is 9.19. The van der Waals surface area contributed by atoms with E-state index < -0.39 is 10.0 Å². The second-order valence-corrected chi connectivity index (χ2v) is 12.6. The number of hydrogen-bond acceptors (Lipinski definition) is 4. The van der Waals surface area contributed by atoms with Crippen LogP contribution in [0, 0.1) is 6.92 Å². The summed E-state index contributed by atoms with van der Waals surface area (Å²) in [6.07, 6.45) is 2.80. The fourth-order valence-electron chi connectivity index (χ4n) is 4.99. The van der Waals surface area contributed by atoms with Gasteiger partial charge in [-0.2, -0.15) is 4.31 Å². The van der Waals surface area contributed by atoms with Crippen molar-refractivity contribution < 1.29 is 13.2 Å². The highest BCUT2D eigenvalue weighted by molar-refractivity contribution is 7.89. The molecule has 0 radical (unpaired) electrons. The van der Waals surface area contributed by atoms with Crippen molar-refractivity contribution in [3.63, 3.8) is 0 Å². The Labute approximate surface area is 228 Å². The van der Waals surface area contributed by atoms with Gasteiger partial charge < -0.3 is 0 Å². The standard InChI is InChI=1S/C32H40N2O3S/c1-5-26-12-16-31(17-13-26)38(36,37)34-20-18-28-21-29(14-15-30(28)23-34)32(35)7-6-19-33(24(2)3)22-27-10-8-25(4)9-11-27/h8-17,21,24H,5-7,18-20,22-23H2,1-4H3. The third-order valence-corrected chi connectivity index (χ3v) is 9.42. The van der Waals surface area contributed by atoms with E-state index in [0.717, 1.165) is 48.2 Å². The molecular formula is C32H40N2O3S. The molecule has 0 atom stereocenters. The number of ketones is 1. The van der Waals surface area contributed by atoms with Crippen molar-refractivity contribution in [3.8, 4) is 0 Å². The third kappa shape index (κ3) is 6.79. The molecular weight excluding hydrogens is 492 g/mol. The van der Waals surface area contributed by atoms with Crippen molar-refractivity contribution in [2.75, 3.05) is 13.1 Å². The summed E-state index contributed by atoms with van der Waals surface area (Å²) in [6, 6.07) is 22.0. The molecule has 202 valence electrons. The van der Waals surface area contributed by atoms with Crippen LogP contribution >= 0.6 is 0 Å². The first-order valence-corrected chi connectivity index (χ1v) is 15.1. The summed E-state index contributed by atoms with van der Waals surface area (Å²) >= 11 is 0. The van der Waals surface area contributed by atoms with E-state index in [4.69, 9.17) is 0 Å². The maximum absolute atomic E-state index is 13.2. The van der Waals surface area contributed by atoms with Gasteiger partial charge in [0.25, 0.3) is 0 Å². The van der Waals surface area contributed by atoms with Crippen molar-refractivity contribution in [2.24, 2.45) is 0 Å². The van der Waals surface area contributed by atoms with Crippen LogP contribution in [0.5, 0.6) is 0 Å². The molecule has 0 aliphatic carbocycles. The fraction of sp³-hybridized carbons (Fsp3) is 0.406. The second-order valence-electron chi connectivity index (χ2n) is 10.6. The predicted molar refractivity (Wildman–Crippen MR) is 154 cm³/mol. The molecule has 0 fully saturated rings. The molecule has 3 aromatic carbocycles. The van der Waals surface area contributed by atoms with Crippen LogP contribution in [0.1, 0.15) is 71.8 Å². The molecule has 1 aliphatic rings. The van der Waals surface area contributed by atoms with E-state index in [1.807, 2.05) is 30.3 Å². The van der Waals surface area contributed by atoms with Gasteiger partial charge in [0.2, 0.25) is 10.0 Å². The smallest absolute Gasteiger partial charge is 0.243 e. The number of Topliss-reactive ketones (excluding diaryl/α,β-unsaturated/α-hetero) is 1. The first kappa shape index (κ1) is 28.2. The lowest BCUT2D eigenvalue weighted by molar-refractivity contribution is 0.0970. The minimum Gasteiger partial charge on any atom is -0.297 e. The van der Waals surface area contributed by atoms with Crippen LogP contribution in [0.25, 0.3) is 0 Å². The summed E-state index contributed by atoms with van der Waals surface area (Å²) in [4.78, 5) is 15.8. The zero-order valence-corrected chi connectivity index (χ0v) is 23.9. The van der Waals surface area contributed by atoms with Gasteiger partial charge in [-0.3, -0.25) is 9.69 Å². The average molecular weight is 533 g/mol. The minimum atomic E-state index is -3.55. The van der Waals surface area contributed by atoms with Crippen molar-refractivity contribution >= 4 is 15.8 Å². The number of fused-ring (bicyclic) bond motifs is 1. The largest absolute Gasteiger partial charge is 0.297 e. The number of carbonyl (C=O) groups excluding carboxylic acids is 1. The van der Waals surface area contributed by atoms with E-state index in [0.29, 0.717) is 36.9 Å². The topological polar surface area (TPSA) is 57.7 Å². The van der Waals surface area contributed by atoms with Gasteiger partial charge in [-0.1, -0.05) is 61.0 Å². The molecule has 0 amide bonds. The molecule has 5 nitrogen and oxygen atoms in total. The van der Waals surface area contributed by atoms with Crippen molar-refractivity contribution in [3.05, 3.63) is 100 Å². The Hall–Kier alpha value is -2.80. The number of aryl methyl sites for hydroxylation is 2. The molecule has 0 unspecified atom stereocenters. The van der Waals surface area contributed by atoms with Crippen LogP contribution in [-0.2, 0) is 36.0 Å². The Morgan fingerprint density at radius 1 is 0.947 bits per heavy atom. The first-order valence-electron chi connectivity index (χ1n) is 13.7. The van der Waals surface area contributed by atoms with Crippen LogP contribution in [0.2, 0.25) is 0 Å². The molecule has 0 N–H and O–H groups in total. The summed E-state index contributed by atoms with van der Waals surface area (Å²) in [5.41, 5.74) is 6.45. The summed E-state index contributed by atoms with van der Waals surface area (Å²) in [7, 11) is -3.55. The highest BCUT2D eigenvalue weighted by Gasteiger charge is 2.28. The molecule has 0 bridgehead atoms. The first-order chi connectivity index (χ1) is 18.2. The zero-order valence-electron chi connectivity index (χ0n) is 23.1. The summed E-state index contributed by atoms with van der Waals surface area (Å²) in [5.74, 6) is 0.151. The molecule has 0 spiro atoms. The van der Waals surface area contributed by atoms with Crippen molar-refractivity contribution in [1.82, 2.24) is 9.21 Å². The van der Waals surface area contributed by atoms with Gasteiger partial charge in [0.15, 0.2) is 5.78 Å². The van der Waals surface area contributed by atoms with Crippen LogP contribution in [0.15, 0.2) is 71.6 Å². The zero-order chi connectivity index (χ0) is 27.3. The van der Waals surface area contributed by atoms with Gasteiger partial charge in [0, 0.05) is 37.7 Å². The number of rotatable bonds is 11. The molecule has 0 saturated heterocycles. The van der Waals surface area contributed by atoms with E-state index in [1.54, 1.807) is 16.4 Å². The van der Waals surface area contributed by atoms with Crippen LogP contribution < -0.4 is 0 Å². The van der Waals surface area contributed by atoms with Gasteiger partial charge in [-0.15, -0.1) is 0 Å². The van der Waals surface area contributed by atoms with E-state index >= 15 is 0 Å². The second kappa shape index (κ2) is 12.4. The Morgan fingerprint density at radius 3 is 2.29 bits per heavy atom. The minimum absolute atomic E-state index is 0.151. The monoisotopic (exact) mass is 532 g/mol. The molecule has 4 rings (SSSR count). The van der Waals surface area contributed by atoms with Gasteiger partial charge in [-0.05, 0) is 87.0 Å². The molecule has 1 aliphatic heterocycles. The lowest BCUT2D eigenvalue weighted by Crippen LogP contribution is -2.36. The number of nitrogens with zero attached hydrogens (tertiary/aromatic N) is 2. The van der Waals surface area contributed by atoms with Crippen molar-refractivity contribution in [2.45, 2.75) is 77.4 Å². The maximum Gasteiger partial charge on any atom is 0.243 e. The number of carbonyl (C=O) groups is 1. The van der Waals surface area contributed by atoms with Gasteiger partial charge >= 0.3 is 0 Å². The normalized spacial score (nSPS) is 14.2. The quantitative estimate of drug-likeness (QED) is 0.277. The average Bonchev–Trinajstić information content (AvgIpc) is 2.92. The highest BCUT2D eigenvalue weighted by Crippen LogP contribution is 2.26.